The molecule has 0 saturated heterocycles. The van der Waals surface area contributed by atoms with Gasteiger partial charge >= 0.3 is 5.97 Å². The van der Waals surface area contributed by atoms with Crippen molar-refractivity contribution in [1.29, 1.82) is 0 Å². The largest absolute Gasteiger partial charge is 0.480 e. The van der Waals surface area contributed by atoms with E-state index in [4.69, 9.17) is 15.3 Å². The van der Waals surface area contributed by atoms with Crippen LogP contribution in [0.2, 0.25) is 0 Å². The fourth-order valence-corrected chi connectivity index (χ4v) is 1.49. The van der Waals surface area contributed by atoms with Crippen LogP contribution in [-0.2, 0) is 4.79 Å². The molecule has 0 fully saturated rings. The van der Waals surface area contributed by atoms with Gasteiger partial charge in [-0.25, -0.2) is 4.79 Å². The summed E-state index contributed by atoms with van der Waals surface area (Å²) >= 11 is 0. The first kappa shape index (κ1) is 14.9. The van der Waals surface area contributed by atoms with Crippen molar-refractivity contribution < 1.29 is 14.3 Å². The average molecular weight is 265 g/mol. The van der Waals surface area contributed by atoms with Crippen LogP contribution in [0.4, 0.5) is 0 Å². The number of hydrogen-bond acceptors (Lipinski definition) is 4. The number of rotatable bonds is 7. The van der Waals surface area contributed by atoms with Crippen LogP contribution in [0.1, 0.15) is 31.3 Å². The maximum Gasteiger partial charge on any atom is 0.328 e. The van der Waals surface area contributed by atoms with Crippen molar-refractivity contribution in [3.63, 3.8) is 0 Å². The van der Waals surface area contributed by atoms with Crippen LogP contribution in [0.3, 0.4) is 0 Å². The van der Waals surface area contributed by atoms with Crippen LogP contribution in [-0.4, -0.2) is 35.7 Å². The molecule has 3 N–H and O–H groups in total. The molecule has 0 aliphatic heterocycles. The Morgan fingerprint density at radius 3 is 2.84 bits per heavy atom. The third-order valence-electron chi connectivity index (χ3n) is 2.42. The summed E-state index contributed by atoms with van der Waals surface area (Å²) in [6.07, 6.45) is 2.49. The van der Waals surface area contributed by atoms with Gasteiger partial charge in [0.1, 0.15) is 17.6 Å². The normalized spacial score (nSPS) is 13.9. The summed E-state index contributed by atoms with van der Waals surface area (Å²) in [4.78, 5) is 19.1. The summed E-state index contributed by atoms with van der Waals surface area (Å²) in [5.74, 6) is 0.870. The van der Waals surface area contributed by atoms with Gasteiger partial charge in [0.15, 0.2) is 0 Å². The number of furan rings is 1. The predicted molar refractivity (Wildman–Crippen MR) is 73.9 cm³/mol. The minimum atomic E-state index is -0.951. The van der Waals surface area contributed by atoms with Gasteiger partial charge in [0.25, 0.3) is 0 Å². The standard InChI is InChI=1S/C13H19N3O3/c1-9-5-6-11(19-9)8-16-12(13(17)18)4-3-7-15-10(2)14/h5-6,8,12H,3-4,7H2,1-2H3,(H2,14,15)(H,17,18). The Hall–Kier alpha value is -2.11. The van der Waals surface area contributed by atoms with E-state index in [2.05, 4.69) is 9.98 Å². The number of aliphatic carboxylic acids is 1. The summed E-state index contributed by atoms with van der Waals surface area (Å²) in [5, 5.41) is 9.06. The molecular formula is C13H19N3O3. The van der Waals surface area contributed by atoms with E-state index in [1.165, 1.54) is 6.21 Å². The van der Waals surface area contributed by atoms with E-state index < -0.39 is 12.0 Å². The van der Waals surface area contributed by atoms with E-state index in [1.807, 2.05) is 6.92 Å². The second kappa shape index (κ2) is 7.35. The molecule has 1 atom stereocenters. The molecule has 1 heterocycles. The molecule has 0 aliphatic carbocycles. The molecular weight excluding hydrogens is 246 g/mol. The van der Waals surface area contributed by atoms with Crippen LogP contribution >= 0.6 is 0 Å². The van der Waals surface area contributed by atoms with Crippen LogP contribution in [0, 0.1) is 6.92 Å². The lowest BCUT2D eigenvalue weighted by Gasteiger charge is -2.05. The summed E-state index contributed by atoms with van der Waals surface area (Å²) < 4.78 is 5.29. The fraction of sp³-hybridized carbons (Fsp3) is 0.462. The van der Waals surface area contributed by atoms with E-state index in [0.717, 1.165) is 5.76 Å². The molecule has 0 spiro atoms. The van der Waals surface area contributed by atoms with Crippen molar-refractivity contribution >= 4 is 18.0 Å². The number of carbonyl (C=O) groups is 1. The Bertz CT molecular complexity index is 473. The Morgan fingerprint density at radius 2 is 2.32 bits per heavy atom. The molecule has 1 aromatic rings. The molecule has 1 unspecified atom stereocenters. The average Bonchev–Trinajstić information content (AvgIpc) is 2.73. The minimum absolute atomic E-state index is 0.419. The topological polar surface area (TPSA) is 101 Å². The number of hydrogen-bond donors (Lipinski definition) is 2. The van der Waals surface area contributed by atoms with Crippen molar-refractivity contribution in [3.05, 3.63) is 23.7 Å². The SMILES string of the molecule is CC(N)=NCCCC(N=Cc1ccc(C)o1)C(=O)O. The molecule has 1 rings (SSSR count). The van der Waals surface area contributed by atoms with Gasteiger partial charge in [-0.2, -0.15) is 0 Å². The van der Waals surface area contributed by atoms with Crippen LogP contribution in [0.15, 0.2) is 26.5 Å². The molecule has 0 bridgehead atoms. The first-order valence-electron chi connectivity index (χ1n) is 6.08. The lowest BCUT2D eigenvalue weighted by atomic mass is 10.1. The van der Waals surface area contributed by atoms with Crippen molar-refractivity contribution in [1.82, 2.24) is 0 Å². The van der Waals surface area contributed by atoms with Gasteiger partial charge in [0, 0.05) is 6.54 Å². The Balaban J connectivity index is 2.51. The first-order valence-corrected chi connectivity index (χ1v) is 6.08. The van der Waals surface area contributed by atoms with Crippen molar-refractivity contribution in [2.75, 3.05) is 6.54 Å². The molecule has 1 aromatic heterocycles. The van der Waals surface area contributed by atoms with Gasteiger partial charge in [0.05, 0.1) is 12.1 Å². The Labute approximate surface area is 112 Å². The van der Waals surface area contributed by atoms with Gasteiger partial charge in [0.2, 0.25) is 0 Å². The van der Waals surface area contributed by atoms with Crippen LogP contribution in [0.25, 0.3) is 0 Å². The van der Waals surface area contributed by atoms with Gasteiger partial charge in [-0.05, 0) is 38.8 Å². The lowest BCUT2D eigenvalue weighted by molar-refractivity contribution is -0.138. The number of amidine groups is 1. The Kier molecular flexibility index (Phi) is 5.78. The van der Waals surface area contributed by atoms with E-state index in [0.29, 0.717) is 31.0 Å². The molecule has 6 heteroatoms. The number of aryl methyl sites for hydroxylation is 1. The highest BCUT2D eigenvalue weighted by Gasteiger charge is 2.14. The summed E-state index contributed by atoms with van der Waals surface area (Å²) in [5.41, 5.74) is 5.40. The number of aliphatic imine (C=N–C) groups is 2. The number of carboxylic acid groups (broad SMARTS) is 1. The predicted octanol–water partition coefficient (Wildman–Crippen LogP) is 1.62. The maximum absolute atomic E-state index is 11.0. The van der Waals surface area contributed by atoms with Crippen LogP contribution < -0.4 is 5.73 Å². The second-order valence-corrected chi connectivity index (χ2v) is 4.25. The van der Waals surface area contributed by atoms with Crippen molar-refractivity contribution in [3.8, 4) is 0 Å². The fourth-order valence-electron chi connectivity index (χ4n) is 1.49. The third kappa shape index (κ3) is 5.85. The lowest BCUT2D eigenvalue weighted by Crippen LogP contribution is -2.18. The van der Waals surface area contributed by atoms with Crippen molar-refractivity contribution in [2.45, 2.75) is 32.7 Å². The quantitative estimate of drug-likeness (QED) is 0.444. The van der Waals surface area contributed by atoms with Gasteiger partial charge in [-0.3, -0.25) is 9.98 Å². The summed E-state index contributed by atoms with van der Waals surface area (Å²) in [7, 11) is 0. The molecule has 0 amide bonds. The van der Waals surface area contributed by atoms with E-state index >= 15 is 0 Å². The zero-order chi connectivity index (χ0) is 14.3. The zero-order valence-electron chi connectivity index (χ0n) is 11.2. The second-order valence-electron chi connectivity index (χ2n) is 4.25. The molecule has 0 radical (unpaired) electrons. The minimum Gasteiger partial charge on any atom is -0.480 e. The van der Waals surface area contributed by atoms with Crippen LogP contribution in [0.5, 0.6) is 0 Å². The Morgan fingerprint density at radius 1 is 1.58 bits per heavy atom. The van der Waals surface area contributed by atoms with Gasteiger partial charge in [-0.15, -0.1) is 0 Å². The molecule has 104 valence electrons. The van der Waals surface area contributed by atoms with Crippen molar-refractivity contribution in [2.24, 2.45) is 15.7 Å². The monoisotopic (exact) mass is 265 g/mol. The van der Waals surface area contributed by atoms with Gasteiger partial charge < -0.3 is 15.3 Å². The molecule has 0 aliphatic rings. The maximum atomic E-state index is 11.0. The highest BCUT2D eigenvalue weighted by atomic mass is 16.4. The number of carboxylic acids is 1. The summed E-state index contributed by atoms with van der Waals surface area (Å²) in [6.45, 7) is 4.03. The van der Waals surface area contributed by atoms with E-state index in [-0.39, 0.29) is 0 Å². The summed E-state index contributed by atoms with van der Waals surface area (Å²) in [6, 6.07) is 2.77. The number of nitrogens with zero attached hydrogens (tertiary/aromatic N) is 2. The third-order valence-corrected chi connectivity index (χ3v) is 2.42. The van der Waals surface area contributed by atoms with E-state index in [1.54, 1.807) is 19.1 Å². The number of nitrogens with two attached hydrogens (primary N) is 1. The molecule has 19 heavy (non-hydrogen) atoms. The first-order chi connectivity index (χ1) is 8.99. The highest BCUT2D eigenvalue weighted by molar-refractivity contribution is 5.81. The molecule has 0 aromatic carbocycles. The highest BCUT2D eigenvalue weighted by Crippen LogP contribution is 2.07. The molecule has 6 nitrogen and oxygen atoms in total. The van der Waals surface area contributed by atoms with Gasteiger partial charge in [-0.1, -0.05) is 0 Å². The smallest absolute Gasteiger partial charge is 0.328 e. The zero-order valence-corrected chi connectivity index (χ0v) is 11.2. The van der Waals surface area contributed by atoms with E-state index in [9.17, 15) is 4.79 Å². The molecule has 0 saturated carbocycles.